The number of terminal acetylenes is 1. The van der Waals surface area contributed by atoms with Gasteiger partial charge < -0.3 is 15.0 Å². The number of carbonyl (C=O) groups is 2. The van der Waals surface area contributed by atoms with E-state index >= 15 is 0 Å². The lowest BCUT2D eigenvalue weighted by atomic mass is 10.3. The standard InChI is InChI=1S/C17H18FN3O3/c1-2-7-24-15-6-5-13(18)8-14(15)19-17(23)21-10-16(22)20(11-21)9-12-3-4-12/h1,5-6,8,12H,3-4,7,9-11H2,(H,19,23). The molecule has 0 unspecified atom stereocenters. The summed E-state index contributed by atoms with van der Waals surface area (Å²) in [5.74, 6) is 2.57. The van der Waals surface area contributed by atoms with Gasteiger partial charge in [0.15, 0.2) is 0 Å². The normalized spacial score (nSPS) is 16.9. The second-order valence-electron chi connectivity index (χ2n) is 5.96. The fraction of sp³-hybridized carbons (Fsp3) is 0.412. The summed E-state index contributed by atoms with van der Waals surface area (Å²) in [4.78, 5) is 27.4. The number of urea groups is 1. The van der Waals surface area contributed by atoms with E-state index in [0.717, 1.165) is 18.9 Å². The van der Waals surface area contributed by atoms with Crippen molar-refractivity contribution >= 4 is 17.6 Å². The van der Waals surface area contributed by atoms with Crippen LogP contribution >= 0.6 is 0 Å². The van der Waals surface area contributed by atoms with Crippen LogP contribution in [0.1, 0.15) is 12.8 Å². The number of nitrogens with one attached hydrogen (secondary N) is 1. The predicted molar refractivity (Wildman–Crippen MR) is 85.8 cm³/mol. The van der Waals surface area contributed by atoms with Gasteiger partial charge in [0.2, 0.25) is 5.91 Å². The van der Waals surface area contributed by atoms with Gasteiger partial charge in [0.1, 0.15) is 24.7 Å². The predicted octanol–water partition coefficient (Wildman–Crippen LogP) is 1.88. The van der Waals surface area contributed by atoms with Crippen molar-refractivity contribution < 1.29 is 18.7 Å². The molecule has 1 saturated heterocycles. The van der Waals surface area contributed by atoms with Crippen molar-refractivity contribution in [2.24, 2.45) is 5.92 Å². The summed E-state index contributed by atoms with van der Waals surface area (Å²) in [5, 5.41) is 2.59. The molecule has 0 radical (unpaired) electrons. The van der Waals surface area contributed by atoms with Crippen LogP contribution in [0.2, 0.25) is 0 Å². The van der Waals surface area contributed by atoms with Gasteiger partial charge in [-0.05, 0) is 30.9 Å². The number of anilines is 1. The summed E-state index contributed by atoms with van der Waals surface area (Å²) in [6.07, 6.45) is 7.41. The fourth-order valence-corrected chi connectivity index (χ4v) is 2.55. The Bertz CT molecular complexity index is 697. The summed E-state index contributed by atoms with van der Waals surface area (Å²) in [5.41, 5.74) is 0.184. The molecule has 6 nitrogen and oxygen atoms in total. The number of ether oxygens (including phenoxy) is 1. The molecule has 1 N–H and O–H groups in total. The molecule has 2 fully saturated rings. The van der Waals surface area contributed by atoms with E-state index in [1.165, 1.54) is 17.0 Å². The second kappa shape index (κ2) is 6.79. The molecule has 1 heterocycles. The molecule has 3 amide bonds. The van der Waals surface area contributed by atoms with Crippen LogP contribution in [0.25, 0.3) is 0 Å². The number of benzene rings is 1. The van der Waals surface area contributed by atoms with Crippen LogP contribution in [0.5, 0.6) is 5.75 Å². The molecule has 126 valence electrons. The van der Waals surface area contributed by atoms with Crippen molar-refractivity contribution in [2.45, 2.75) is 12.8 Å². The molecule has 24 heavy (non-hydrogen) atoms. The number of rotatable bonds is 5. The number of nitrogens with zero attached hydrogens (tertiary/aromatic N) is 2. The third-order valence-corrected chi connectivity index (χ3v) is 3.98. The summed E-state index contributed by atoms with van der Waals surface area (Å²) in [7, 11) is 0. The molecule has 1 aromatic rings. The third-order valence-electron chi connectivity index (χ3n) is 3.98. The van der Waals surface area contributed by atoms with E-state index in [9.17, 15) is 14.0 Å². The Morgan fingerprint density at radius 3 is 2.96 bits per heavy atom. The van der Waals surface area contributed by atoms with Crippen LogP contribution in [0.4, 0.5) is 14.9 Å². The quantitative estimate of drug-likeness (QED) is 0.838. The molecule has 3 rings (SSSR count). The number of halogens is 1. The molecule has 0 aromatic heterocycles. The molecule has 0 spiro atoms. The van der Waals surface area contributed by atoms with E-state index in [1.54, 1.807) is 4.90 Å². The van der Waals surface area contributed by atoms with Crippen LogP contribution in [0, 0.1) is 24.1 Å². The van der Waals surface area contributed by atoms with Crippen molar-refractivity contribution in [1.82, 2.24) is 9.80 Å². The number of hydrogen-bond acceptors (Lipinski definition) is 3. The van der Waals surface area contributed by atoms with Crippen molar-refractivity contribution in [2.75, 3.05) is 31.7 Å². The molecular formula is C17H18FN3O3. The second-order valence-corrected chi connectivity index (χ2v) is 5.96. The van der Waals surface area contributed by atoms with E-state index in [0.29, 0.717) is 12.5 Å². The van der Waals surface area contributed by atoms with E-state index in [2.05, 4.69) is 11.2 Å². The minimum atomic E-state index is -0.508. The van der Waals surface area contributed by atoms with Gasteiger partial charge >= 0.3 is 6.03 Å². The van der Waals surface area contributed by atoms with E-state index in [-0.39, 0.29) is 37.2 Å². The highest BCUT2D eigenvalue weighted by Crippen LogP contribution is 2.31. The fourth-order valence-electron chi connectivity index (χ4n) is 2.55. The first kappa shape index (κ1) is 16.1. The largest absolute Gasteiger partial charge is 0.479 e. The minimum Gasteiger partial charge on any atom is -0.479 e. The Morgan fingerprint density at radius 1 is 1.46 bits per heavy atom. The monoisotopic (exact) mass is 331 g/mol. The molecule has 1 aromatic carbocycles. The molecule has 1 saturated carbocycles. The van der Waals surface area contributed by atoms with Gasteiger partial charge in [0.25, 0.3) is 0 Å². The van der Waals surface area contributed by atoms with E-state index in [4.69, 9.17) is 11.2 Å². The maximum Gasteiger partial charge on any atom is 0.323 e. The van der Waals surface area contributed by atoms with Gasteiger partial charge in [-0.15, -0.1) is 6.42 Å². The van der Waals surface area contributed by atoms with Crippen molar-refractivity contribution in [3.8, 4) is 18.1 Å². The summed E-state index contributed by atoms with van der Waals surface area (Å²) < 4.78 is 18.7. The Balaban J connectivity index is 1.65. The van der Waals surface area contributed by atoms with Gasteiger partial charge in [-0.3, -0.25) is 9.69 Å². The van der Waals surface area contributed by atoms with Crippen molar-refractivity contribution in [1.29, 1.82) is 0 Å². The summed E-state index contributed by atoms with van der Waals surface area (Å²) >= 11 is 0. The molecule has 0 bridgehead atoms. The number of hydrogen-bond donors (Lipinski definition) is 1. The van der Waals surface area contributed by atoms with E-state index in [1.807, 2.05) is 0 Å². The topological polar surface area (TPSA) is 61.9 Å². The number of amides is 3. The average molecular weight is 331 g/mol. The molecule has 1 aliphatic carbocycles. The lowest BCUT2D eigenvalue weighted by molar-refractivity contribution is -0.126. The molecule has 0 atom stereocenters. The third kappa shape index (κ3) is 3.77. The molecule has 2 aliphatic rings. The maximum absolute atomic E-state index is 13.4. The maximum atomic E-state index is 13.4. The molecule has 7 heteroatoms. The van der Waals surface area contributed by atoms with E-state index < -0.39 is 11.8 Å². The number of carbonyl (C=O) groups excluding carboxylic acids is 2. The zero-order valence-electron chi connectivity index (χ0n) is 13.1. The Kier molecular flexibility index (Phi) is 4.56. The minimum absolute atomic E-state index is 0.00582. The highest BCUT2D eigenvalue weighted by molar-refractivity contribution is 5.95. The van der Waals surface area contributed by atoms with Gasteiger partial charge in [0, 0.05) is 12.6 Å². The van der Waals surface area contributed by atoms with Crippen molar-refractivity contribution in [3.63, 3.8) is 0 Å². The molecule has 1 aliphatic heterocycles. The Hall–Kier alpha value is -2.75. The Labute approximate surface area is 139 Å². The highest BCUT2D eigenvalue weighted by atomic mass is 19.1. The smallest absolute Gasteiger partial charge is 0.323 e. The highest BCUT2D eigenvalue weighted by Gasteiger charge is 2.34. The molecular weight excluding hydrogens is 313 g/mol. The van der Waals surface area contributed by atoms with Crippen LogP contribution < -0.4 is 10.1 Å². The first-order valence-electron chi connectivity index (χ1n) is 7.76. The zero-order chi connectivity index (χ0) is 17.1. The van der Waals surface area contributed by atoms with Crippen LogP contribution in [-0.2, 0) is 4.79 Å². The van der Waals surface area contributed by atoms with Crippen LogP contribution in [0.15, 0.2) is 18.2 Å². The van der Waals surface area contributed by atoms with Crippen LogP contribution in [-0.4, -0.2) is 48.1 Å². The van der Waals surface area contributed by atoms with Gasteiger partial charge in [0.05, 0.1) is 12.4 Å². The average Bonchev–Trinajstić information content (AvgIpc) is 3.29. The van der Waals surface area contributed by atoms with Crippen LogP contribution in [0.3, 0.4) is 0 Å². The lowest BCUT2D eigenvalue weighted by Gasteiger charge is -2.19. The lowest BCUT2D eigenvalue weighted by Crippen LogP contribution is -2.35. The Morgan fingerprint density at radius 2 is 2.25 bits per heavy atom. The summed E-state index contributed by atoms with van der Waals surface area (Å²) in [6, 6.07) is 3.30. The summed E-state index contributed by atoms with van der Waals surface area (Å²) in [6.45, 7) is 0.969. The zero-order valence-corrected chi connectivity index (χ0v) is 13.1. The van der Waals surface area contributed by atoms with Gasteiger partial charge in [-0.25, -0.2) is 9.18 Å². The SMILES string of the molecule is C#CCOc1ccc(F)cc1NC(=O)N1CC(=O)N(CC2CC2)C1. The first-order valence-corrected chi connectivity index (χ1v) is 7.76. The van der Waals surface area contributed by atoms with Crippen molar-refractivity contribution in [3.05, 3.63) is 24.0 Å². The van der Waals surface area contributed by atoms with Gasteiger partial charge in [-0.1, -0.05) is 5.92 Å². The van der Waals surface area contributed by atoms with Gasteiger partial charge in [-0.2, -0.15) is 0 Å². The first-order chi connectivity index (χ1) is 11.6.